The molecule has 1 aromatic carbocycles. The average Bonchev–Trinajstić information content (AvgIpc) is 2.87. The second-order valence-electron chi connectivity index (χ2n) is 10.1. The number of nitrogens with zero attached hydrogens (tertiary/aromatic N) is 2. The predicted octanol–water partition coefficient (Wildman–Crippen LogP) is 5.54. The maximum absolute atomic E-state index is 15.1. The Labute approximate surface area is 185 Å². The molecule has 3 aliphatic rings. The molecule has 3 saturated heterocycles. The van der Waals surface area contributed by atoms with Crippen LogP contribution in [0.3, 0.4) is 0 Å². The molecule has 3 nitrogen and oxygen atoms in total. The predicted molar refractivity (Wildman–Crippen MR) is 111 cm³/mol. The van der Waals surface area contributed by atoms with Crippen LogP contribution in [0, 0.1) is 17.8 Å². The molecule has 4 rings (SSSR count). The molecule has 2 bridgehead atoms. The number of alkyl halides is 5. The molecule has 0 saturated carbocycles. The zero-order valence-corrected chi connectivity index (χ0v) is 18.5. The largest absolute Gasteiger partial charge is 0.416 e. The van der Waals surface area contributed by atoms with Crippen molar-refractivity contribution in [1.29, 1.82) is 0 Å². The minimum atomic E-state index is -4.55. The molecule has 0 aliphatic carbocycles. The molecule has 8 heteroatoms. The molecule has 2 unspecified atom stereocenters. The summed E-state index contributed by atoms with van der Waals surface area (Å²) >= 11 is 0. The maximum atomic E-state index is 15.1. The number of hydrogen-bond donors (Lipinski definition) is 0. The van der Waals surface area contributed by atoms with Crippen LogP contribution in [0.25, 0.3) is 0 Å². The third-order valence-corrected chi connectivity index (χ3v) is 7.56. The lowest BCUT2D eigenvalue weighted by atomic mass is 9.83. The van der Waals surface area contributed by atoms with Crippen molar-refractivity contribution in [1.82, 2.24) is 9.80 Å². The molecular weight excluding hydrogens is 427 g/mol. The Bertz CT molecular complexity index is 823. The molecule has 0 radical (unpaired) electrons. The summed E-state index contributed by atoms with van der Waals surface area (Å²) in [4.78, 5) is 16.7. The molecular formula is C24H31F5N2O. The molecule has 1 aromatic rings. The van der Waals surface area contributed by atoms with E-state index in [2.05, 4.69) is 18.7 Å². The van der Waals surface area contributed by atoms with Gasteiger partial charge in [0.25, 0.3) is 5.92 Å². The molecule has 1 amide bonds. The van der Waals surface area contributed by atoms with Crippen molar-refractivity contribution in [3.63, 3.8) is 0 Å². The lowest BCUT2D eigenvalue weighted by Crippen LogP contribution is -2.56. The number of halogens is 5. The second-order valence-corrected chi connectivity index (χ2v) is 10.1. The second kappa shape index (κ2) is 8.58. The van der Waals surface area contributed by atoms with Gasteiger partial charge >= 0.3 is 6.18 Å². The fourth-order valence-electron chi connectivity index (χ4n) is 5.98. The van der Waals surface area contributed by atoms with Gasteiger partial charge in [-0.1, -0.05) is 26.0 Å². The Balaban J connectivity index is 1.56. The van der Waals surface area contributed by atoms with E-state index in [9.17, 15) is 18.0 Å². The molecule has 32 heavy (non-hydrogen) atoms. The van der Waals surface area contributed by atoms with Crippen molar-refractivity contribution in [3.8, 4) is 0 Å². The van der Waals surface area contributed by atoms with Gasteiger partial charge in [0.1, 0.15) is 0 Å². The standard InChI is InChI=1S/C24H31F5N2O/c1-15(2)21-11-16-3-9-20-17(4-10-22(32)31(20)21)13-30(12-16)14-23(25,26)18-5-7-19(8-6-18)24(27,28)29/h5-8,15-17,20-21H,3-4,9-14H2,1-2H3/t16?,17-,20?,21-/m1/s1. The molecule has 3 fully saturated rings. The van der Waals surface area contributed by atoms with Crippen LogP contribution in [-0.2, 0) is 16.9 Å². The summed E-state index contributed by atoms with van der Waals surface area (Å²) in [6, 6.07) is 3.46. The third kappa shape index (κ3) is 4.66. The van der Waals surface area contributed by atoms with Crippen molar-refractivity contribution in [3.05, 3.63) is 35.4 Å². The van der Waals surface area contributed by atoms with E-state index >= 15 is 8.78 Å². The number of likely N-dealkylation sites (tertiary alicyclic amines) is 1. The average molecular weight is 459 g/mol. The lowest BCUT2D eigenvalue weighted by molar-refractivity contribution is -0.144. The number of carbonyl (C=O) groups is 1. The van der Waals surface area contributed by atoms with Gasteiger partial charge in [0.05, 0.1) is 12.1 Å². The number of rotatable bonds is 4. The van der Waals surface area contributed by atoms with E-state index in [4.69, 9.17) is 0 Å². The zero-order chi connectivity index (χ0) is 23.3. The van der Waals surface area contributed by atoms with Gasteiger partial charge in [0.15, 0.2) is 0 Å². The first-order valence-corrected chi connectivity index (χ1v) is 11.5. The fraction of sp³-hybridized carbons (Fsp3) is 0.708. The normalized spacial score (nSPS) is 29.8. The van der Waals surface area contributed by atoms with E-state index in [1.165, 1.54) is 0 Å². The molecule has 3 aliphatic heterocycles. The van der Waals surface area contributed by atoms with Crippen LogP contribution in [0.15, 0.2) is 24.3 Å². The van der Waals surface area contributed by atoms with Crippen molar-refractivity contribution in [2.24, 2.45) is 17.8 Å². The molecule has 0 spiro atoms. The molecule has 0 N–H and O–H groups in total. The SMILES string of the molecule is CC(C)[C@H]1CC2CCC3[C@H](CCC(=O)N31)CN(CC(F)(F)c1ccc(C(F)(F)F)cc1)C2. The highest BCUT2D eigenvalue weighted by atomic mass is 19.4. The summed E-state index contributed by atoms with van der Waals surface area (Å²) in [6.07, 6.45) is -0.736. The summed E-state index contributed by atoms with van der Waals surface area (Å²) in [5.74, 6) is -2.38. The van der Waals surface area contributed by atoms with Crippen LogP contribution >= 0.6 is 0 Å². The highest BCUT2D eigenvalue weighted by Gasteiger charge is 2.46. The van der Waals surface area contributed by atoms with Crippen LogP contribution in [0.4, 0.5) is 22.0 Å². The Morgan fingerprint density at radius 2 is 1.62 bits per heavy atom. The van der Waals surface area contributed by atoms with Crippen LogP contribution < -0.4 is 0 Å². The van der Waals surface area contributed by atoms with Crippen molar-refractivity contribution < 1.29 is 26.7 Å². The number of amides is 1. The van der Waals surface area contributed by atoms with Crippen molar-refractivity contribution in [2.45, 2.75) is 70.1 Å². The summed E-state index contributed by atoms with van der Waals surface area (Å²) in [5, 5.41) is 0. The summed E-state index contributed by atoms with van der Waals surface area (Å²) in [6.45, 7) is 4.75. The number of piperidine rings is 1. The van der Waals surface area contributed by atoms with Gasteiger partial charge in [-0.2, -0.15) is 22.0 Å². The van der Waals surface area contributed by atoms with Crippen LogP contribution in [0.1, 0.15) is 57.1 Å². The van der Waals surface area contributed by atoms with Gasteiger partial charge in [-0.3, -0.25) is 9.69 Å². The smallest absolute Gasteiger partial charge is 0.336 e. The van der Waals surface area contributed by atoms with Crippen LogP contribution in [0.5, 0.6) is 0 Å². The van der Waals surface area contributed by atoms with Gasteiger partial charge < -0.3 is 4.90 Å². The zero-order valence-electron chi connectivity index (χ0n) is 18.5. The molecule has 4 atom stereocenters. The van der Waals surface area contributed by atoms with E-state index in [1.54, 1.807) is 4.90 Å². The molecule has 178 valence electrons. The van der Waals surface area contributed by atoms with Crippen molar-refractivity contribution >= 4 is 5.91 Å². The van der Waals surface area contributed by atoms with Gasteiger partial charge in [-0.15, -0.1) is 0 Å². The number of benzene rings is 1. The summed E-state index contributed by atoms with van der Waals surface area (Å²) in [7, 11) is 0. The van der Waals surface area contributed by atoms with E-state index in [0.29, 0.717) is 31.8 Å². The monoisotopic (exact) mass is 458 g/mol. The minimum absolute atomic E-state index is 0.0936. The summed E-state index contributed by atoms with van der Waals surface area (Å²) < 4.78 is 68.7. The third-order valence-electron chi connectivity index (χ3n) is 7.56. The summed E-state index contributed by atoms with van der Waals surface area (Å²) in [5.41, 5.74) is -1.32. The quantitative estimate of drug-likeness (QED) is 0.553. The highest BCUT2D eigenvalue weighted by molar-refractivity contribution is 5.78. The Hall–Kier alpha value is -1.70. The van der Waals surface area contributed by atoms with Gasteiger partial charge in [0, 0.05) is 37.2 Å². The first kappa shape index (κ1) is 23.5. The Kier molecular flexibility index (Phi) is 6.29. The number of carbonyl (C=O) groups excluding carboxylic acids is 1. The molecule has 0 aromatic heterocycles. The minimum Gasteiger partial charge on any atom is -0.336 e. The van der Waals surface area contributed by atoms with Crippen LogP contribution in [0.2, 0.25) is 0 Å². The van der Waals surface area contributed by atoms with Gasteiger partial charge in [-0.05, 0) is 55.6 Å². The van der Waals surface area contributed by atoms with Crippen LogP contribution in [-0.4, -0.2) is 47.4 Å². The maximum Gasteiger partial charge on any atom is 0.416 e. The van der Waals surface area contributed by atoms with E-state index in [0.717, 1.165) is 43.5 Å². The van der Waals surface area contributed by atoms with E-state index in [1.807, 2.05) is 0 Å². The van der Waals surface area contributed by atoms with Gasteiger partial charge in [-0.25, -0.2) is 0 Å². The number of fused-ring (bicyclic) bond motifs is 2. The Morgan fingerprint density at radius 3 is 2.25 bits per heavy atom. The van der Waals surface area contributed by atoms with E-state index in [-0.39, 0.29) is 29.8 Å². The lowest BCUT2D eigenvalue weighted by Gasteiger charge is -2.46. The number of hydrogen-bond acceptors (Lipinski definition) is 2. The van der Waals surface area contributed by atoms with Crippen molar-refractivity contribution in [2.75, 3.05) is 19.6 Å². The topological polar surface area (TPSA) is 23.6 Å². The Morgan fingerprint density at radius 1 is 0.969 bits per heavy atom. The fourth-order valence-corrected chi connectivity index (χ4v) is 5.98. The first-order chi connectivity index (χ1) is 15.0. The molecule has 3 heterocycles. The first-order valence-electron chi connectivity index (χ1n) is 11.5. The van der Waals surface area contributed by atoms with E-state index < -0.39 is 29.8 Å². The van der Waals surface area contributed by atoms with Gasteiger partial charge in [0.2, 0.25) is 5.91 Å². The highest BCUT2D eigenvalue weighted by Crippen LogP contribution is 2.42.